The second-order valence-corrected chi connectivity index (χ2v) is 6.77. The van der Waals surface area contributed by atoms with Crippen molar-refractivity contribution in [3.05, 3.63) is 0 Å². The van der Waals surface area contributed by atoms with Crippen LogP contribution in [0.3, 0.4) is 0 Å². The van der Waals surface area contributed by atoms with Crippen LogP contribution in [0.5, 0.6) is 0 Å². The zero-order chi connectivity index (χ0) is 12.9. The molecular weight excluding hydrogens is 242 g/mol. The van der Waals surface area contributed by atoms with Crippen molar-refractivity contribution < 1.29 is 18.3 Å². The number of nitrogens with one attached hydrogen (secondary N) is 1. The molecule has 2 N–H and O–H groups in total. The minimum atomic E-state index is -3.44. The first kappa shape index (κ1) is 14.4. The molecule has 0 aliphatic heterocycles. The maximum atomic E-state index is 11.6. The molecule has 0 heterocycles. The number of hydrogen-bond donors (Lipinski definition) is 2. The third-order valence-electron chi connectivity index (χ3n) is 3.67. The number of carboxylic acids is 1. The van der Waals surface area contributed by atoms with Gasteiger partial charge >= 0.3 is 5.97 Å². The Labute approximate surface area is 103 Å². The number of aliphatic carboxylic acids is 1. The quantitative estimate of drug-likeness (QED) is 0.726. The van der Waals surface area contributed by atoms with E-state index in [0.29, 0.717) is 6.54 Å². The first-order valence-electron chi connectivity index (χ1n) is 6.08. The molecule has 0 bridgehead atoms. The summed E-state index contributed by atoms with van der Waals surface area (Å²) in [5, 5.41) is 8.46. The van der Waals surface area contributed by atoms with Crippen LogP contribution in [0, 0.1) is 5.41 Å². The van der Waals surface area contributed by atoms with Crippen LogP contribution in [-0.2, 0) is 14.8 Å². The van der Waals surface area contributed by atoms with Crippen LogP contribution in [0.1, 0.15) is 45.4 Å². The number of hydrogen-bond acceptors (Lipinski definition) is 3. The lowest BCUT2D eigenvalue weighted by molar-refractivity contribution is -0.136. The summed E-state index contributed by atoms with van der Waals surface area (Å²) in [6.45, 7) is 2.53. The third-order valence-corrected chi connectivity index (χ3v) is 4.99. The highest BCUT2D eigenvalue weighted by Gasteiger charge is 2.32. The van der Waals surface area contributed by atoms with Gasteiger partial charge in [-0.15, -0.1) is 0 Å². The van der Waals surface area contributed by atoms with Crippen LogP contribution >= 0.6 is 0 Å². The van der Waals surface area contributed by atoms with E-state index < -0.39 is 16.0 Å². The first-order valence-corrected chi connectivity index (χ1v) is 7.73. The van der Waals surface area contributed by atoms with E-state index in [1.165, 1.54) is 0 Å². The summed E-state index contributed by atoms with van der Waals surface area (Å²) < 4.78 is 25.7. The van der Waals surface area contributed by atoms with Gasteiger partial charge in [-0.2, -0.15) is 0 Å². The van der Waals surface area contributed by atoms with Gasteiger partial charge in [-0.25, -0.2) is 13.1 Å². The van der Waals surface area contributed by atoms with Crippen LogP contribution in [0.25, 0.3) is 0 Å². The highest BCUT2D eigenvalue weighted by atomic mass is 32.2. The molecule has 5 nitrogen and oxygen atoms in total. The van der Waals surface area contributed by atoms with Gasteiger partial charge < -0.3 is 5.11 Å². The van der Waals surface area contributed by atoms with Crippen LogP contribution in [0.4, 0.5) is 0 Å². The Balaban J connectivity index is 2.45. The monoisotopic (exact) mass is 263 g/mol. The molecule has 0 aromatic carbocycles. The fourth-order valence-electron chi connectivity index (χ4n) is 2.34. The molecule has 0 aromatic rings. The summed E-state index contributed by atoms with van der Waals surface area (Å²) in [7, 11) is -3.44. The Hall–Kier alpha value is -0.620. The van der Waals surface area contributed by atoms with Crippen LogP contribution in [0.15, 0.2) is 0 Å². The fourth-order valence-corrected chi connectivity index (χ4v) is 3.45. The normalized spacial score (nSPS) is 19.4. The Morgan fingerprint density at radius 1 is 1.35 bits per heavy atom. The molecule has 1 aliphatic carbocycles. The molecule has 0 spiro atoms. The van der Waals surface area contributed by atoms with Gasteiger partial charge in [0.05, 0.1) is 12.2 Å². The van der Waals surface area contributed by atoms with E-state index in [9.17, 15) is 13.2 Å². The topological polar surface area (TPSA) is 83.5 Å². The number of carboxylic acid groups (broad SMARTS) is 1. The molecule has 1 saturated carbocycles. The third kappa shape index (κ3) is 4.63. The predicted octanol–water partition coefficient (Wildman–Crippen LogP) is 1.35. The van der Waals surface area contributed by atoms with Gasteiger partial charge in [0.25, 0.3) is 0 Å². The van der Waals surface area contributed by atoms with Crippen LogP contribution in [0.2, 0.25) is 0 Å². The Morgan fingerprint density at radius 3 is 2.41 bits per heavy atom. The van der Waals surface area contributed by atoms with Crippen molar-refractivity contribution in [1.82, 2.24) is 4.72 Å². The smallest absolute Gasteiger partial charge is 0.304 e. The van der Waals surface area contributed by atoms with Crippen molar-refractivity contribution in [2.75, 3.05) is 12.3 Å². The lowest BCUT2D eigenvalue weighted by atomic mass is 9.84. The molecule has 1 fully saturated rings. The highest BCUT2D eigenvalue weighted by molar-refractivity contribution is 7.89. The summed E-state index contributed by atoms with van der Waals surface area (Å²) >= 11 is 0. The minimum absolute atomic E-state index is 0.0935. The van der Waals surface area contributed by atoms with E-state index in [1.54, 1.807) is 0 Å². The van der Waals surface area contributed by atoms with Gasteiger partial charge in [0.1, 0.15) is 0 Å². The highest BCUT2D eigenvalue weighted by Crippen LogP contribution is 2.40. The number of rotatable bonds is 7. The van der Waals surface area contributed by atoms with Gasteiger partial charge in [-0.3, -0.25) is 4.79 Å². The van der Waals surface area contributed by atoms with Crippen molar-refractivity contribution in [2.24, 2.45) is 5.41 Å². The molecule has 6 heteroatoms. The second-order valence-electron chi connectivity index (χ2n) is 4.84. The summed E-state index contributed by atoms with van der Waals surface area (Å²) in [4.78, 5) is 10.3. The van der Waals surface area contributed by atoms with Gasteiger partial charge in [-0.05, 0) is 24.7 Å². The molecular formula is C11H21NO4S. The lowest BCUT2D eigenvalue weighted by Gasteiger charge is -2.27. The van der Waals surface area contributed by atoms with Gasteiger partial charge in [0.2, 0.25) is 10.0 Å². The van der Waals surface area contributed by atoms with Crippen molar-refractivity contribution in [3.8, 4) is 0 Å². The van der Waals surface area contributed by atoms with Gasteiger partial charge in [-0.1, -0.05) is 19.8 Å². The molecule has 1 aliphatic rings. The average molecular weight is 263 g/mol. The summed E-state index contributed by atoms with van der Waals surface area (Å²) in [6.07, 6.45) is 5.06. The zero-order valence-electron chi connectivity index (χ0n) is 10.2. The summed E-state index contributed by atoms with van der Waals surface area (Å²) in [5.41, 5.74) is 0.0935. The van der Waals surface area contributed by atoms with E-state index in [2.05, 4.69) is 11.6 Å². The molecule has 100 valence electrons. The van der Waals surface area contributed by atoms with Crippen molar-refractivity contribution in [3.63, 3.8) is 0 Å². The number of carbonyl (C=O) groups is 1. The second kappa shape index (κ2) is 5.82. The number of sulfonamides is 1. The standard InChI is InChI=1S/C11H21NO4S/c1-2-11(6-3-4-7-11)9-12-17(15,16)8-5-10(13)14/h12H,2-9H2,1H3,(H,13,14). The predicted molar refractivity (Wildman–Crippen MR) is 65.2 cm³/mol. The molecule has 0 atom stereocenters. The van der Waals surface area contributed by atoms with Crippen molar-refractivity contribution >= 4 is 16.0 Å². The van der Waals surface area contributed by atoms with E-state index in [0.717, 1.165) is 32.1 Å². The van der Waals surface area contributed by atoms with Crippen LogP contribution in [-0.4, -0.2) is 31.8 Å². The van der Waals surface area contributed by atoms with E-state index in [4.69, 9.17) is 5.11 Å². The molecule has 0 unspecified atom stereocenters. The summed E-state index contributed by atoms with van der Waals surface area (Å²) in [5.74, 6) is -1.41. The van der Waals surface area contributed by atoms with Gasteiger partial charge in [0.15, 0.2) is 0 Å². The maximum absolute atomic E-state index is 11.6. The van der Waals surface area contributed by atoms with Crippen molar-refractivity contribution in [2.45, 2.75) is 45.4 Å². The van der Waals surface area contributed by atoms with E-state index in [-0.39, 0.29) is 17.6 Å². The van der Waals surface area contributed by atoms with E-state index in [1.807, 2.05) is 0 Å². The Morgan fingerprint density at radius 2 is 1.94 bits per heavy atom. The average Bonchev–Trinajstić information content (AvgIpc) is 2.74. The molecule has 0 amide bonds. The minimum Gasteiger partial charge on any atom is -0.481 e. The maximum Gasteiger partial charge on any atom is 0.304 e. The van der Waals surface area contributed by atoms with Gasteiger partial charge in [0, 0.05) is 6.54 Å². The van der Waals surface area contributed by atoms with E-state index >= 15 is 0 Å². The molecule has 1 rings (SSSR count). The Bertz CT molecular complexity index is 358. The molecule has 0 saturated heterocycles. The SMILES string of the molecule is CCC1(CNS(=O)(=O)CCC(=O)O)CCCC1. The fraction of sp³-hybridized carbons (Fsp3) is 0.909. The van der Waals surface area contributed by atoms with Crippen LogP contribution < -0.4 is 4.72 Å². The molecule has 0 radical (unpaired) electrons. The molecule has 17 heavy (non-hydrogen) atoms. The summed E-state index contributed by atoms with van der Waals surface area (Å²) in [6, 6.07) is 0. The van der Waals surface area contributed by atoms with Crippen molar-refractivity contribution in [1.29, 1.82) is 0 Å². The largest absolute Gasteiger partial charge is 0.481 e. The molecule has 0 aromatic heterocycles. The zero-order valence-corrected chi connectivity index (χ0v) is 11.1. The first-order chi connectivity index (χ1) is 7.89. The lowest BCUT2D eigenvalue weighted by Crippen LogP contribution is -2.37. The Kier molecular flexibility index (Phi) is 4.94.